The van der Waals surface area contributed by atoms with Crippen LogP contribution in [0.3, 0.4) is 0 Å². The Hall–Kier alpha value is -0.930. The molecule has 2 rings (SSSR count). The Morgan fingerprint density at radius 2 is 2.24 bits per heavy atom. The summed E-state index contributed by atoms with van der Waals surface area (Å²) in [5.74, 6) is 0.833. The average molecular weight is 316 g/mol. The molecule has 0 saturated carbocycles. The molecule has 2 nitrogen and oxygen atoms in total. The van der Waals surface area contributed by atoms with Gasteiger partial charge >= 0.3 is 0 Å². The summed E-state index contributed by atoms with van der Waals surface area (Å²) in [7, 11) is 0. The first-order valence-corrected chi connectivity index (χ1v) is 6.53. The van der Waals surface area contributed by atoms with Gasteiger partial charge in [0.2, 0.25) is 0 Å². The Labute approximate surface area is 114 Å². The van der Waals surface area contributed by atoms with E-state index in [9.17, 15) is 0 Å². The second kappa shape index (κ2) is 5.61. The number of hydrogen-bond donors (Lipinski definition) is 0. The summed E-state index contributed by atoms with van der Waals surface area (Å²) in [6.07, 6.45) is 3.27. The van der Waals surface area contributed by atoms with Crippen molar-refractivity contribution in [1.29, 1.82) is 0 Å². The number of furan rings is 1. The summed E-state index contributed by atoms with van der Waals surface area (Å²) < 4.78 is 11.4. The maximum absolute atomic E-state index is 6.38. The number of hydrogen-bond acceptors (Lipinski definition) is 2. The number of benzene rings is 1. The van der Waals surface area contributed by atoms with Gasteiger partial charge in [-0.25, -0.2) is 0 Å². The fourth-order valence-electron chi connectivity index (χ4n) is 1.57. The van der Waals surface area contributed by atoms with Gasteiger partial charge in [-0.15, -0.1) is 11.6 Å². The number of rotatable bonds is 4. The predicted octanol–water partition coefficient (Wildman–Crippen LogP) is 4.77. The van der Waals surface area contributed by atoms with Crippen LogP contribution in [0.4, 0.5) is 0 Å². The normalized spacial score (nSPS) is 12.4. The summed E-state index contributed by atoms with van der Waals surface area (Å²) in [6.45, 7) is 2.61. The molecule has 1 aromatic carbocycles. The molecule has 0 bridgehead atoms. The molecule has 0 N–H and O–H groups in total. The fraction of sp³-hybridized carbons (Fsp3) is 0.231. The molecule has 0 aliphatic carbocycles. The van der Waals surface area contributed by atoms with Crippen LogP contribution < -0.4 is 4.74 Å². The van der Waals surface area contributed by atoms with E-state index in [4.69, 9.17) is 20.8 Å². The second-order valence-corrected chi connectivity index (χ2v) is 4.83. The van der Waals surface area contributed by atoms with Crippen molar-refractivity contribution in [2.24, 2.45) is 0 Å². The van der Waals surface area contributed by atoms with Crippen molar-refractivity contribution in [2.75, 3.05) is 6.61 Å². The van der Waals surface area contributed by atoms with Crippen molar-refractivity contribution < 1.29 is 9.15 Å². The first-order valence-electron chi connectivity index (χ1n) is 5.30. The zero-order valence-corrected chi connectivity index (χ0v) is 11.7. The Balaban J connectivity index is 2.27. The highest BCUT2D eigenvalue weighted by atomic mass is 79.9. The van der Waals surface area contributed by atoms with Crippen LogP contribution in [0.1, 0.15) is 23.4 Å². The number of halogens is 2. The van der Waals surface area contributed by atoms with Crippen molar-refractivity contribution in [3.05, 3.63) is 52.4 Å². The van der Waals surface area contributed by atoms with Crippen molar-refractivity contribution in [3.8, 4) is 5.75 Å². The maximum Gasteiger partial charge on any atom is 0.120 e. The van der Waals surface area contributed by atoms with Crippen molar-refractivity contribution in [3.63, 3.8) is 0 Å². The summed E-state index contributed by atoms with van der Waals surface area (Å²) >= 11 is 9.89. The molecule has 0 aliphatic heterocycles. The van der Waals surface area contributed by atoms with Gasteiger partial charge in [0.1, 0.15) is 5.75 Å². The third kappa shape index (κ3) is 2.85. The maximum atomic E-state index is 6.38. The van der Waals surface area contributed by atoms with Gasteiger partial charge in [0.15, 0.2) is 0 Å². The molecule has 4 heteroatoms. The molecule has 1 heterocycles. The van der Waals surface area contributed by atoms with Crippen LogP contribution >= 0.6 is 27.5 Å². The molecule has 90 valence electrons. The summed E-state index contributed by atoms with van der Waals surface area (Å²) in [4.78, 5) is 0. The Morgan fingerprint density at radius 1 is 1.41 bits per heavy atom. The first kappa shape index (κ1) is 12.5. The summed E-state index contributed by atoms with van der Waals surface area (Å²) in [5, 5.41) is -0.223. The molecule has 2 aromatic rings. The second-order valence-electron chi connectivity index (χ2n) is 3.54. The lowest BCUT2D eigenvalue weighted by molar-refractivity contribution is 0.340. The van der Waals surface area contributed by atoms with Crippen LogP contribution in [0.2, 0.25) is 0 Å². The predicted molar refractivity (Wildman–Crippen MR) is 71.7 cm³/mol. The van der Waals surface area contributed by atoms with Crippen molar-refractivity contribution >= 4 is 27.5 Å². The Morgan fingerprint density at radius 3 is 2.82 bits per heavy atom. The molecule has 0 spiro atoms. The molecule has 0 amide bonds. The highest BCUT2D eigenvalue weighted by Gasteiger charge is 2.15. The number of alkyl halides is 1. The minimum absolute atomic E-state index is 0.223. The third-order valence-electron chi connectivity index (χ3n) is 2.39. The topological polar surface area (TPSA) is 22.4 Å². The Bertz CT molecular complexity index is 482. The van der Waals surface area contributed by atoms with Gasteiger partial charge in [0.25, 0.3) is 0 Å². The Kier molecular flexibility index (Phi) is 4.13. The lowest BCUT2D eigenvalue weighted by atomic mass is 10.1. The minimum Gasteiger partial charge on any atom is -0.494 e. The van der Waals surface area contributed by atoms with E-state index in [1.807, 2.05) is 31.2 Å². The van der Waals surface area contributed by atoms with Crippen LogP contribution in [0.15, 0.2) is 45.7 Å². The lowest BCUT2D eigenvalue weighted by Crippen LogP contribution is -1.95. The highest BCUT2D eigenvalue weighted by molar-refractivity contribution is 9.10. The zero-order valence-electron chi connectivity index (χ0n) is 9.32. The lowest BCUT2D eigenvalue weighted by Gasteiger charge is -2.11. The molecule has 1 atom stereocenters. The highest BCUT2D eigenvalue weighted by Crippen LogP contribution is 2.35. The van der Waals surface area contributed by atoms with Crippen LogP contribution in [0.25, 0.3) is 0 Å². The molecular weight excluding hydrogens is 303 g/mol. The zero-order chi connectivity index (χ0) is 12.3. The molecular formula is C13H12BrClO2. The largest absolute Gasteiger partial charge is 0.494 e. The van der Waals surface area contributed by atoms with Gasteiger partial charge in [0, 0.05) is 10.0 Å². The molecule has 0 fully saturated rings. The molecule has 0 aliphatic rings. The van der Waals surface area contributed by atoms with Gasteiger partial charge in [0.05, 0.1) is 24.5 Å². The fourth-order valence-corrected chi connectivity index (χ4v) is 2.60. The van der Waals surface area contributed by atoms with Gasteiger partial charge in [-0.3, -0.25) is 0 Å². The molecule has 0 saturated heterocycles. The molecule has 1 aromatic heterocycles. The van der Waals surface area contributed by atoms with Gasteiger partial charge in [-0.05, 0) is 30.7 Å². The van der Waals surface area contributed by atoms with E-state index < -0.39 is 0 Å². The average Bonchev–Trinajstić information content (AvgIpc) is 2.82. The first-order chi connectivity index (χ1) is 8.22. The van der Waals surface area contributed by atoms with Gasteiger partial charge in [-0.2, -0.15) is 0 Å². The third-order valence-corrected chi connectivity index (χ3v) is 3.57. The monoisotopic (exact) mass is 314 g/mol. The van der Waals surface area contributed by atoms with E-state index in [1.165, 1.54) is 0 Å². The van der Waals surface area contributed by atoms with Crippen LogP contribution in [-0.2, 0) is 0 Å². The minimum atomic E-state index is -0.223. The van der Waals surface area contributed by atoms with E-state index in [0.717, 1.165) is 21.3 Å². The SMILES string of the molecule is CCOc1ccc(C(Cl)c2ccoc2)c(Br)c1. The molecule has 17 heavy (non-hydrogen) atoms. The van der Waals surface area contributed by atoms with Gasteiger partial charge < -0.3 is 9.15 Å². The van der Waals surface area contributed by atoms with E-state index in [1.54, 1.807) is 12.5 Å². The number of ether oxygens (including phenoxy) is 1. The molecule has 0 radical (unpaired) electrons. The van der Waals surface area contributed by atoms with Crippen LogP contribution in [0, 0.1) is 0 Å². The van der Waals surface area contributed by atoms with E-state index in [-0.39, 0.29) is 5.38 Å². The van der Waals surface area contributed by atoms with Crippen molar-refractivity contribution in [2.45, 2.75) is 12.3 Å². The van der Waals surface area contributed by atoms with Gasteiger partial charge in [-0.1, -0.05) is 22.0 Å². The smallest absolute Gasteiger partial charge is 0.120 e. The quantitative estimate of drug-likeness (QED) is 0.758. The van der Waals surface area contributed by atoms with E-state index >= 15 is 0 Å². The van der Waals surface area contributed by atoms with E-state index in [2.05, 4.69) is 15.9 Å². The van der Waals surface area contributed by atoms with E-state index in [0.29, 0.717) is 6.61 Å². The van der Waals surface area contributed by atoms with Crippen LogP contribution in [-0.4, -0.2) is 6.61 Å². The summed E-state index contributed by atoms with van der Waals surface area (Å²) in [5.41, 5.74) is 1.94. The standard InChI is InChI=1S/C13H12BrClO2/c1-2-17-10-3-4-11(12(14)7-10)13(15)9-5-6-16-8-9/h3-8,13H,2H2,1H3. The summed E-state index contributed by atoms with van der Waals surface area (Å²) in [6, 6.07) is 7.66. The van der Waals surface area contributed by atoms with Crippen LogP contribution in [0.5, 0.6) is 5.75 Å². The molecule has 1 unspecified atom stereocenters. The van der Waals surface area contributed by atoms with Crippen molar-refractivity contribution in [1.82, 2.24) is 0 Å².